The molecule has 0 unspecified atom stereocenters. The highest BCUT2D eigenvalue weighted by Crippen LogP contribution is 2.16. The molecule has 0 saturated carbocycles. The first-order valence-corrected chi connectivity index (χ1v) is 17.4. The Labute approximate surface area is 229 Å². The zero-order valence-corrected chi connectivity index (χ0v) is 25.3. The van der Waals surface area contributed by atoms with Gasteiger partial charge in [-0.3, -0.25) is 0 Å². The molecular weight excluding hydrogens is 468 g/mol. The molecule has 0 aromatic carbocycles. The van der Waals surface area contributed by atoms with Gasteiger partial charge in [-0.15, -0.1) is 11.8 Å². The van der Waals surface area contributed by atoms with Gasteiger partial charge in [0.25, 0.3) is 0 Å². The molecule has 4 heteroatoms. The molecule has 0 atom stereocenters. The molecule has 0 bridgehead atoms. The third-order valence-electron chi connectivity index (χ3n) is 6.64. The third-order valence-corrected chi connectivity index (χ3v) is 8.23. The third kappa shape index (κ3) is 31.9. The Morgan fingerprint density at radius 1 is 0.514 bits per heavy atom. The van der Waals surface area contributed by atoms with Crippen molar-refractivity contribution < 1.29 is 8.98 Å². The second-order valence-corrected chi connectivity index (χ2v) is 12.0. The molecule has 208 valence electrons. The van der Waals surface area contributed by atoms with Crippen LogP contribution >= 0.6 is 23.8 Å². The molecule has 0 aliphatic carbocycles. The summed E-state index contributed by atoms with van der Waals surface area (Å²) in [7, 11) is 0. The van der Waals surface area contributed by atoms with E-state index in [0.717, 1.165) is 17.9 Å². The molecule has 0 aromatic rings. The maximum Gasteiger partial charge on any atom is 0.343 e. The van der Waals surface area contributed by atoms with Gasteiger partial charge in [-0.1, -0.05) is 155 Å². The average Bonchev–Trinajstić information content (AvgIpc) is 2.86. The van der Waals surface area contributed by atoms with Crippen molar-refractivity contribution in [1.29, 1.82) is 0 Å². The first kappa shape index (κ1) is 34.9. The van der Waals surface area contributed by atoms with Crippen molar-refractivity contribution in [3.63, 3.8) is 0 Å². The van der Waals surface area contributed by atoms with Crippen LogP contribution < -0.4 is 0 Å². The van der Waals surface area contributed by atoms with E-state index in [1.54, 1.807) is 17.8 Å². The summed E-state index contributed by atoms with van der Waals surface area (Å²) >= 11 is 3.05. The van der Waals surface area contributed by atoms with Gasteiger partial charge in [0, 0.05) is 11.8 Å². The van der Waals surface area contributed by atoms with Gasteiger partial charge in [0.05, 0.1) is 12.0 Å². The monoisotopic (exact) mass is 528 g/mol. The molecule has 0 spiro atoms. The number of rotatable bonds is 29. The Morgan fingerprint density at radius 2 is 0.857 bits per heavy atom. The van der Waals surface area contributed by atoms with Crippen molar-refractivity contribution in [1.82, 2.24) is 0 Å². The zero-order valence-electron chi connectivity index (χ0n) is 23.7. The number of carbonyl (C=O) groups is 1. The minimum atomic E-state index is -0.214. The van der Waals surface area contributed by atoms with E-state index in [9.17, 15) is 4.79 Å². The highest BCUT2D eigenvalue weighted by Gasteiger charge is 1.99. The molecule has 2 nitrogen and oxygen atoms in total. The second-order valence-electron chi connectivity index (χ2n) is 10.2. The summed E-state index contributed by atoms with van der Waals surface area (Å²) in [4.78, 5) is 11.7. The lowest BCUT2D eigenvalue weighted by molar-refractivity contribution is -0.127. The van der Waals surface area contributed by atoms with E-state index in [1.165, 1.54) is 160 Å². The molecule has 0 N–H and O–H groups in total. The predicted octanol–water partition coefficient (Wildman–Crippen LogP) is 11.8. The van der Waals surface area contributed by atoms with Crippen LogP contribution in [-0.4, -0.2) is 17.5 Å². The fraction of sp³-hybridized carbons (Fsp3) is 0.903. The van der Waals surface area contributed by atoms with Crippen LogP contribution in [0.15, 0.2) is 11.5 Å². The molecule has 0 amide bonds. The molecule has 0 aliphatic rings. The molecule has 0 aliphatic heterocycles. The van der Waals surface area contributed by atoms with E-state index >= 15 is 0 Å². The predicted molar refractivity (Wildman–Crippen MR) is 162 cm³/mol. The van der Waals surface area contributed by atoms with Gasteiger partial charge in [-0.25, -0.2) is 4.79 Å². The number of hydrogen-bond donors (Lipinski definition) is 0. The van der Waals surface area contributed by atoms with Crippen molar-refractivity contribution in [2.75, 3.05) is 11.5 Å². The quantitative estimate of drug-likeness (QED) is 0.0547. The first-order chi connectivity index (χ1) is 17.3. The van der Waals surface area contributed by atoms with Gasteiger partial charge in [-0.2, -0.15) is 0 Å². The standard InChI is InChI=1S/C31H60O2S2/c1-3-5-7-9-11-13-14-15-16-17-18-19-20-21-23-25-28-34-30-27-31(32)33-35-29-26-24-22-12-10-8-6-4-2/h27,30H,3-26,28-29H2,1-2H3. The molecule has 0 aromatic heterocycles. The van der Waals surface area contributed by atoms with Crippen molar-refractivity contribution in [3.05, 3.63) is 11.5 Å². The van der Waals surface area contributed by atoms with E-state index in [0.29, 0.717) is 0 Å². The molecule has 0 heterocycles. The van der Waals surface area contributed by atoms with E-state index in [4.69, 9.17) is 4.18 Å². The largest absolute Gasteiger partial charge is 0.388 e. The van der Waals surface area contributed by atoms with Crippen LogP contribution in [0.2, 0.25) is 0 Å². The Balaban J connectivity index is 3.20. The van der Waals surface area contributed by atoms with Crippen LogP contribution in [0.25, 0.3) is 0 Å². The Morgan fingerprint density at radius 3 is 1.26 bits per heavy atom. The van der Waals surface area contributed by atoms with Crippen molar-refractivity contribution >= 4 is 29.8 Å². The van der Waals surface area contributed by atoms with Gasteiger partial charge in [0.15, 0.2) is 0 Å². The highest BCUT2D eigenvalue weighted by atomic mass is 32.2. The number of carbonyl (C=O) groups excluding carboxylic acids is 1. The summed E-state index contributed by atoms with van der Waals surface area (Å²) in [6.07, 6.45) is 34.6. The smallest absolute Gasteiger partial charge is 0.343 e. The maximum atomic E-state index is 11.7. The SMILES string of the molecule is CCCCCCCCCCCCCCCCCCSC=CC(=O)OSCCCCCCCCCC. The van der Waals surface area contributed by atoms with Gasteiger partial charge in [0.1, 0.15) is 0 Å². The van der Waals surface area contributed by atoms with Crippen molar-refractivity contribution in [2.45, 2.75) is 168 Å². The minimum Gasteiger partial charge on any atom is -0.388 e. The van der Waals surface area contributed by atoms with Gasteiger partial charge < -0.3 is 4.18 Å². The Kier molecular flexibility index (Phi) is 31.9. The topological polar surface area (TPSA) is 26.3 Å². The van der Waals surface area contributed by atoms with Crippen LogP contribution in [0, 0.1) is 0 Å². The van der Waals surface area contributed by atoms with Crippen molar-refractivity contribution in [3.8, 4) is 0 Å². The number of unbranched alkanes of at least 4 members (excludes halogenated alkanes) is 22. The summed E-state index contributed by atoms with van der Waals surface area (Å²) < 4.78 is 5.22. The average molecular weight is 529 g/mol. The van der Waals surface area contributed by atoms with E-state index in [1.807, 2.05) is 5.41 Å². The molecule has 0 fully saturated rings. The summed E-state index contributed by atoms with van der Waals surface area (Å²) in [5.74, 6) is 1.81. The number of hydrogen-bond acceptors (Lipinski definition) is 4. The lowest BCUT2D eigenvalue weighted by atomic mass is 10.0. The summed E-state index contributed by atoms with van der Waals surface area (Å²) in [5.41, 5.74) is 0. The fourth-order valence-corrected chi connectivity index (χ4v) is 5.62. The Hall–Kier alpha value is -0.0900. The molecule has 0 saturated heterocycles. The maximum absolute atomic E-state index is 11.7. The van der Waals surface area contributed by atoms with Gasteiger partial charge >= 0.3 is 5.97 Å². The van der Waals surface area contributed by atoms with Crippen LogP contribution in [0.3, 0.4) is 0 Å². The zero-order chi connectivity index (χ0) is 25.5. The van der Waals surface area contributed by atoms with Crippen LogP contribution in [0.5, 0.6) is 0 Å². The second kappa shape index (κ2) is 31.9. The molecule has 0 radical (unpaired) electrons. The van der Waals surface area contributed by atoms with E-state index in [-0.39, 0.29) is 5.97 Å². The summed E-state index contributed by atoms with van der Waals surface area (Å²) in [6.45, 7) is 4.55. The molecular formula is C31H60O2S2. The first-order valence-electron chi connectivity index (χ1n) is 15.4. The Bertz CT molecular complexity index is 440. The summed E-state index contributed by atoms with van der Waals surface area (Å²) in [6, 6.07) is 0. The minimum absolute atomic E-state index is 0.214. The fourth-order valence-electron chi connectivity index (χ4n) is 4.33. The van der Waals surface area contributed by atoms with Gasteiger partial charge in [0.2, 0.25) is 0 Å². The molecule has 35 heavy (non-hydrogen) atoms. The van der Waals surface area contributed by atoms with E-state index in [2.05, 4.69) is 13.8 Å². The summed E-state index contributed by atoms with van der Waals surface area (Å²) in [5, 5.41) is 1.91. The highest BCUT2D eigenvalue weighted by molar-refractivity contribution is 8.02. The van der Waals surface area contributed by atoms with Crippen LogP contribution in [0.4, 0.5) is 0 Å². The lowest BCUT2D eigenvalue weighted by Crippen LogP contribution is -1.94. The van der Waals surface area contributed by atoms with E-state index < -0.39 is 0 Å². The normalized spacial score (nSPS) is 11.5. The number of thioether (sulfide) groups is 1. The van der Waals surface area contributed by atoms with Crippen LogP contribution in [0.1, 0.15) is 168 Å². The van der Waals surface area contributed by atoms with Crippen LogP contribution in [-0.2, 0) is 8.98 Å². The van der Waals surface area contributed by atoms with Crippen molar-refractivity contribution in [2.24, 2.45) is 0 Å². The lowest BCUT2D eigenvalue weighted by Gasteiger charge is -2.03. The van der Waals surface area contributed by atoms with Gasteiger partial charge in [-0.05, 0) is 24.0 Å². The molecule has 0 rings (SSSR count).